The molecule has 9 aromatic carbocycles. The Bertz CT molecular complexity index is 4750. The summed E-state index contributed by atoms with van der Waals surface area (Å²) in [5.74, 6) is 2.56. The molecular formula is C93H98BN3S. The van der Waals surface area contributed by atoms with Crippen molar-refractivity contribution in [2.24, 2.45) is 16.7 Å². The summed E-state index contributed by atoms with van der Waals surface area (Å²) in [5, 5.41) is 1.41. The summed E-state index contributed by atoms with van der Waals surface area (Å²) in [4.78, 5) is 8.10. The Morgan fingerprint density at radius 2 is 1.01 bits per heavy atom. The van der Waals surface area contributed by atoms with Gasteiger partial charge in [-0.1, -0.05) is 203 Å². The molecular weight excluding hydrogens is 1200 g/mol. The van der Waals surface area contributed by atoms with Gasteiger partial charge in [0.1, 0.15) is 0 Å². The van der Waals surface area contributed by atoms with E-state index in [9.17, 15) is 0 Å². The highest BCUT2D eigenvalue weighted by Gasteiger charge is 2.71. The second-order valence-electron chi connectivity index (χ2n) is 34.4. The molecule has 7 aliphatic carbocycles. The molecule has 19 rings (SSSR count). The Balaban J connectivity index is 0.830. The van der Waals surface area contributed by atoms with E-state index in [2.05, 4.69) is 263 Å². The number of fused-ring (bicyclic) bond motifs is 15. The third-order valence-electron chi connectivity index (χ3n) is 28.2. The average Bonchev–Trinajstić information content (AvgIpc) is 1.48. The van der Waals surface area contributed by atoms with Crippen molar-refractivity contribution in [2.75, 3.05) is 14.7 Å². The first kappa shape index (κ1) is 61.5. The summed E-state index contributed by atoms with van der Waals surface area (Å²) in [5.41, 5.74) is 32.1. The van der Waals surface area contributed by atoms with Crippen molar-refractivity contribution in [3.8, 4) is 22.3 Å². The van der Waals surface area contributed by atoms with E-state index in [4.69, 9.17) is 0 Å². The van der Waals surface area contributed by atoms with Gasteiger partial charge in [0.25, 0.3) is 6.71 Å². The van der Waals surface area contributed by atoms with Gasteiger partial charge in [0.05, 0.1) is 5.69 Å². The number of rotatable bonds is 9. The van der Waals surface area contributed by atoms with Gasteiger partial charge in [-0.05, 0) is 286 Å². The molecule has 3 atom stereocenters. The molecule has 10 aromatic rings. The summed E-state index contributed by atoms with van der Waals surface area (Å²) in [6.45, 7) is 20.1. The summed E-state index contributed by atoms with van der Waals surface area (Å²) < 4.78 is 2.85. The molecule has 1 spiro atoms. The summed E-state index contributed by atoms with van der Waals surface area (Å²) in [6, 6.07) is 74.8. The number of nitrogens with zero attached hydrogens (tertiary/aromatic N) is 3. The van der Waals surface area contributed by atoms with Crippen LogP contribution in [0.25, 0.3) is 32.3 Å². The highest BCUT2D eigenvalue weighted by atomic mass is 32.1. The summed E-state index contributed by atoms with van der Waals surface area (Å²) in [7, 11) is 0. The van der Waals surface area contributed by atoms with Gasteiger partial charge in [0.15, 0.2) is 0 Å². The fraction of sp³-hybridized carbons (Fsp3) is 0.398. The molecule has 3 unspecified atom stereocenters. The monoisotopic (exact) mass is 1300 g/mol. The van der Waals surface area contributed by atoms with Crippen molar-refractivity contribution in [1.82, 2.24) is 0 Å². The first-order valence-electron chi connectivity index (χ1n) is 38.5. The highest BCUT2D eigenvalue weighted by Crippen LogP contribution is 2.78. The standard InChI is InChI=1S/C93H98BN3S/c1-59-52-83-86-84(53-59)97(72-42-44-75-74-26-18-19-27-77(74)93(79(75)56-72)58-68-48-49-92(93,8)91(68,6)7)87-76-54-66(62-24-16-11-17-25-62)35-47-85(76)98-88(87)94(86)81-46-43-73(57-82(81)96(83)71-40-32-65(33-41-71)67-34-45-78-80(55-67)90(4,5)51-50-89(78,2)3)95(69-36-28-63(29-37-69)60-20-12-9-13-21-60)70-38-30-64(31-39-70)61-22-14-10-15-23-61/h18-19,26-47,52-57,60-62,68H,9-17,20-25,48-51,58H2,1-8H3. The molecule has 0 amide bonds. The molecule has 5 heteroatoms. The number of benzene rings is 9. The Morgan fingerprint density at radius 3 is 1.64 bits per heavy atom. The molecule has 9 aliphatic rings. The summed E-state index contributed by atoms with van der Waals surface area (Å²) in [6.07, 6.45) is 26.0. The molecule has 0 N–H and O–H groups in total. The molecule has 0 radical (unpaired) electrons. The molecule has 2 aliphatic heterocycles. The number of hydrogen-bond donors (Lipinski definition) is 0. The molecule has 5 saturated carbocycles. The van der Waals surface area contributed by atoms with Crippen LogP contribution < -0.4 is 30.4 Å². The third-order valence-corrected chi connectivity index (χ3v) is 29.5. The van der Waals surface area contributed by atoms with Crippen molar-refractivity contribution in [3.63, 3.8) is 0 Å². The number of thiophene rings is 1. The van der Waals surface area contributed by atoms with E-state index < -0.39 is 0 Å². The van der Waals surface area contributed by atoms with Gasteiger partial charge in [-0.15, -0.1) is 11.3 Å². The van der Waals surface area contributed by atoms with Crippen molar-refractivity contribution >= 4 is 95.0 Å². The summed E-state index contributed by atoms with van der Waals surface area (Å²) >= 11 is 2.07. The van der Waals surface area contributed by atoms with Crippen molar-refractivity contribution < 1.29 is 0 Å². The maximum Gasteiger partial charge on any atom is 0.264 e. The van der Waals surface area contributed by atoms with Gasteiger partial charge in [0, 0.05) is 65.8 Å². The minimum absolute atomic E-state index is 0.00152. The Kier molecular flexibility index (Phi) is 14.3. The smallest absolute Gasteiger partial charge is 0.264 e. The van der Waals surface area contributed by atoms with Crippen LogP contribution in [-0.4, -0.2) is 6.71 Å². The average molecular weight is 1300 g/mol. The molecule has 1 aromatic heterocycles. The van der Waals surface area contributed by atoms with Crippen LogP contribution in [0.1, 0.15) is 239 Å². The van der Waals surface area contributed by atoms with Crippen LogP contribution in [0.4, 0.5) is 51.2 Å². The number of aryl methyl sites for hydroxylation is 1. The fourth-order valence-corrected chi connectivity index (χ4v) is 23.6. The van der Waals surface area contributed by atoms with Gasteiger partial charge in [-0.2, -0.15) is 0 Å². The van der Waals surface area contributed by atoms with E-state index in [1.54, 1.807) is 11.1 Å². The third kappa shape index (κ3) is 9.17. The first-order valence-corrected chi connectivity index (χ1v) is 39.3. The largest absolute Gasteiger partial charge is 0.311 e. The lowest BCUT2D eigenvalue weighted by molar-refractivity contribution is 0.0990. The second-order valence-corrected chi connectivity index (χ2v) is 35.5. The Labute approximate surface area is 589 Å². The molecule has 98 heavy (non-hydrogen) atoms. The van der Waals surface area contributed by atoms with E-state index in [1.807, 2.05) is 0 Å². The molecule has 494 valence electrons. The minimum atomic E-state index is -0.0619. The van der Waals surface area contributed by atoms with E-state index in [0.29, 0.717) is 23.7 Å². The lowest BCUT2D eigenvalue weighted by atomic mass is 9.36. The highest BCUT2D eigenvalue weighted by molar-refractivity contribution is 7.33. The van der Waals surface area contributed by atoms with Crippen molar-refractivity contribution in [2.45, 2.75) is 218 Å². The molecule has 0 saturated heterocycles. The van der Waals surface area contributed by atoms with Crippen LogP contribution in [0.5, 0.6) is 0 Å². The zero-order valence-corrected chi connectivity index (χ0v) is 60.4. The van der Waals surface area contributed by atoms with Gasteiger partial charge < -0.3 is 14.7 Å². The number of anilines is 9. The van der Waals surface area contributed by atoms with Gasteiger partial charge in [-0.25, -0.2) is 0 Å². The van der Waals surface area contributed by atoms with Crippen LogP contribution in [0.3, 0.4) is 0 Å². The van der Waals surface area contributed by atoms with Crippen molar-refractivity contribution in [3.05, 3.63) is 226 Å². The fourth-order valence-electron chi connectivity index (χ4n) is 22.3. The van der Waals surface area contributed by atoms with Gasteiger partial charge in [0.2, 0.25) is 0 Å². The molecule has 3 nitrogen and oxygen atoms in total. The van der Waals surface area contributed by atoms with Crippen molar-refractivity contribution in [1.29, 1.82) is 0 Å². The lowest BCUT2D eigenvalue weighted by Crippen LogP contribution is -2.60. The van der Waals surface area contributed by atoms with Crippen LogP contribution in [0, 0.1) is 23.7 Å². The Morgan fingerprint density at radius 1 is 0.439 bits per heavy atom. The predicted octanol–water partition coefficient (Wildman–Crippen LogP) is 25.0. The maximum absolute atomic E-state index is 2.81. The zero-order chi connectivity index (χ0) is 66.2. The quantitative estimate of drug-likeness (QED) is 0.133. The van der Waals surface area contributed by atoms with Crippen LogP contribution in [0.2, 0.25) is 0 Å². The number of hydrogen-bond acceptors (Lipinski definition) is 4. The van der Waals surface area contributed by atoms with Crippen LogP contribution in [0.15, 0.2) is 182 Å². The predicted molar refractivity (Wildman–Crippen MR) is 419 cm³/mol. The first-order chi connectivity index (χ1) is 47.6. The maximum atomic E-state index is 2.81. The topological polar surface area (TPSA) is 9.72 Å². The molecule has 2 bridgehead atoms. The van der Waals surface area contributed by atoms with Crippen LogP contribution >= 0.6 is 11.3 Å². The Hall–Kier alpha value is -7.60. The van der Waals surface area contributed by atoms with E-state index >= 15 is 0 Å². The van der Waals surface area contributed by atoms with E-state index in [-0.39, 0.29) is 33.8 Å². The normalized spacial score (nSPS) is 23.3. The minimum Gasteiger partial charge on any atom is -0.311 e. The second kappa shape index (κ2) is 22.7. The van der Waals surface area contributed by atoms with Gasteiger partial charge in [-0.3, -0.25) is 0 Å². The molecule has 5 fully saturated rings. The lowest BCUT2D eigenvalue weighted by Gasteiger charge is -2.48. The van der Waals surface area contributed by atoms with Crippen LogP contribution in [-0.2, 0) is 16.2 Å². The zero-order valence-electron chi connectivity index (χ0n) is 59.6. The van der Waals surface area contributed by atoms with Gasteiger partial charge >= 0.3 is 0 Å². The SMILES string of the molecule is Cc1cc2c3c(c1)N(c1ccc4c(c1)C1(CC5CCC1(C)C5(C)C)c1ccccc1-4)c1c(sc4ccc(C5CCCCC5)cc14)B3c1ccc(N(c3ccc(C4CCCCC4)cc3)c3ccc(C4CCCCC4)cc3)cc1N2c1ccc(-c2ccc3c(c2)C(C)(C)CCC3(C)C)cc1. The van der Waals surface area contributed by atoms with E-state index in [0.717, 1.165) is 0 Å². The van der Waals surface area contributed by atoms with E-state index in [1.165, 1.54) is 261 Å². The molecule has 3 heterocycles.